The Hall–Kier alpha value is -2.17. The van der Waals surface area contributed by atoms with E-state index in [0.717, 1.165) is 17.7 Å². The van der Waals surface area contributed by atoms with Crippen LogP contribution in [-0.4, -0.2) is 14.7 Å². The molecule has 0 amide bonds. The molecule has 0 atom stereocenters. The summed E-state index contributed by atoms with van der Waals surface area (Å²) in [5.41, 5.74) is 1.96. The summed E-state index contributed by atoms with van der Waals surface area (Å²) in [6.07, 6.45) is 0.730. The molecule has 1 aromatic heterocycles. The van der Waals surface area contributed by atoms with Gasteiger partial charge in [-0.25, -0.2) is 0 Å². The molecule has 0 saturated heterocycles. The van der Waals surface area contributed by atoms with Crippen LogP contribution >= 0.6 is 0 Å². The van der Waals surface area contributed by atoms with Crippen molar-refractivity contribution in [2.45, 2.75) is 19.9 Å². The van der Waals surface area contributed by atoms with Gasteiger partial charge in [0.05, 0.1) is 23.4 Å². The topological polar surface area (TPSA) is 61.0 Å². The van der Waals surface area contributed by atoms with Crippen LogP contribution in [0.25, 0.3) is 0 Å². The van der Waals surface area contributed by atoms with Gasteiger partial charge in [-0.2, -0.15) is 4.68 Å². The lowest BCUT2D eigenvalue weighted by Crippen LogP contribution is -2.05. The third-order valence-electron chi connectivity index (χ3n) is 2.57. The fourth-order valence-corrected chi connectivity index (χ4v) is 1.71. The lowest BCUT2D eigenvalue weighted by molar-refractivity contribution is -0.389. The van der Waals surface area contributed by atoms with E-state index in [1.807, 2.05) is 37.3 Å². The summed E-state index contributed by atoms with van der Waals surface area (Å²) in [6, 6.07) is 11.3. The first-order chi connectivity index (χ1) is 8.20. The van der Waals surface area contributed by atoms with Gasteiger partial charge in [0, 0.05) is 0 Å². The molecular formula is C12H13N3O2. The average Bonchev–Trinajstić information content (AvgIpc) is 2.74. The Balaban J connectivity index is 2.29. The zero-order valence-corrected chi connectivity index (χ0v) is 9.54. The second kappa shape index (κ2) is 4.78. The predicted octanol–water partition coefficient (Wildman–Crippen LogP) is 2.40. The molecule has 2 rings (SSSR count). The zero-order chi connectivity index (χ0) is 12.3. The number of nitro groups is 1. The van der Waals surface area contributed by atoms with Crippen molar-refractivity contribution in [1.29, 1.82) is 0 Å². The molecule has 0 saturated carbocycles. The molecule has 2 aromatic rings. The van der Waals surface area contributed by atoms with Crippen LogP contribution in [0.15, 0.2) is 36.4 Å². The maximum Gasteiger partial charge on any atom is 0.390 e. The second-order valence-electron chi connectivity index (χ2n) is 3.75. The Kier molecular flexibility index (Phi) is 3.18. The van der Waals surface area contributed by atoms with Crippen molar-refractivity contribution in [2.24, 2.45) is 0 Å². The van der Waals surface area contributed by atoms with Gasteiger partial charge in [0.2, 0.25) is 0 Å². The third-order valence-corrected chi connectivity index (χ3v) is 2.57. The zero-order valence-electron chi connectivity index (χ0n) is 9.54. The molecule has 1 aromatic carbocycles. The van der Waals surface area contributed by atoms with Gasteiger partial charge >= 0.3 is 5.82 Å². The van der Waals surface area contributed by atoms with E-state index in [1.165, 1.54) is 6.07 Å². The van der Waals surface area contributed by atoms with E-state index in [1.54, 1.807) is 4.68 Å². The van der Waals surface area contributed by atoms with Crippen LogP contribution in [0.2, 0.25) is 0 Å². The van der Waals surface area contributed by atoms with Crippen LogP contribution in [0.3, 0.4) is 0 Å². The Morgan fingerprint density at radius 1 is 1.35 bits per heavy atom. The van der Waals surface area contributed by atoms with Gasteiger partial charge in [0.1, 0.15) is 0 Å². The average molecular weight is 231 g/mol. The lowest BCUT2D eigenvalue weighted by atomic mass is 10.2. The summed E-state index contributed by atoms with van der Waals surface area (Å²) in [5, 5.41) is 14.7. The van der Waals surface area contributed by atoms with Gasteiger partial charge < -0.3 is 10.1 Å². The number of nitrogens with zero attached hydrogens (tertiary/aromatic N) is 3. The molecule has 0 aliphatic heterocycles. The number of aryl methyl sites for hydroxylation is 1. The molecule has 0 spiro atoms. The fourth-order valence-electron chi connectivity index (χ4n) is 1.71. The summed E-state index contributed by atoms with van der Waals surface area (Å²) >= 11 is 0. The lowest BCUT2D eigenvalue weighted by Gasteiger charge is -2.00. The van der Waals surface area contributed by atoms with E-state index in [4.69, 9.17) is 0 Å². The fraction of sp³-hybridized carbons (Fsp3) is 0.250. The predicted molar refractivity (Wildman–Crippen MR) is 63.8 cm³/mol. The molecule has 0 N–H and O–H groups in total. The van der Waals surface area contributed by atoms with Crippen molar-refractivity contribution in [3.8, 4) is 0 Å². The molecule has 88 valence electrons. The highest BCUT2D eigenvalue weighted by molar-refractivity contribution is 5.24. The summed E-state index contributed by atoms with van der Waals surface area (Å²) in [5.74, 6) is -0.0854. The van der Waals surface area contributed by atoms with Gasteiger partial charge in [-0.05, 0) is 16.9 Å². The minimum Gasteiger partial charge on any atom is -0.358 e. The molecule has 0 unspecified atom stereocenters. The van der Waals surface area contributed by atoms with Crippen LogP contribution in [-0.2, 0) is 13.0 Å². The minimum absolute atomic E-state index is 0.0854. The van der Waals surface area contributed by atoms with E-state index in [-0.39, 0.29) is 5.82 Å². The van der Waals surface area contributed by atoms with Crippen molar-refractivity contribution in [2.75, 3.05) is 0 Å². The molecule has 5 heteroatoms. The smallest absolute Gasteiger partial charge is 0.358 e. The molecule has 5 nitrogen and oxygen atoms in total. The van der Waals surface area contributed by atoms with Crippen LogP contribution in [0.4, 0.5) is 5.82 Å². The molecule has 0 radical (unpaired) electrons. The molecular weight excluding hydrogens is 218 g/mol. The van der Waals surface area contributed by atoms with Crippen molar-refractivity contribution < 1.29 is 4.92 Å². The standard InChI is InChI=1S/C12H13N3O2/c1-2-11-8-12(15(16)17)13-14(11)9-10-6-4-3-5-7-10/h3-8H,2,9H2,1H3. The number of aromatic nitrogens is 2. The van der Waals surface area contributed by atoms with E-state index >= 15 is 0 Å². The summed E-state index contributed by atoms with van der Waals surface area (Å²) < 4.78 is 1.69. The first kappa shape index (κ1) is 11.3. The van der Waals surface area contributed by atoms with Gasteiger partial charge in [0.25, 0.3) is 0 Å². The highest BCUT2D eigenvalue weighted by Crippen LogP contribution is 2.14. The van der Waals surface area contributed by atoms with E-state index in [9.17, 15) is 10.1 Å². The van der Waals surface area contributed by atoms with Crippen molar-refractivity contribution >= 4 is 5.82 Å². The monoisotopic (exact) mass is 231 g/mol. The number of rotatable bonds is 4. The van der Waals surface area contributed by atoms with Crippen LogP contribution in [0, 0.1) is 10.1 Å². The largest absolute Gasteiger partial charge is 0.390 e. The highest BCUT2D eigenvalue weighted by Gasteiger charge is 2.16. The Morgan fingerprint density at radius 2 is 2.06 bits per heavy atom. The van der Waals surface area contributed by atoms with E-state index < -0.39 is 4.92 Å². The first-order valence-corrected chi connectivity index (χ1v) is 5.45. The Morgan fingerprint density at radius 3 is 2.65 bits per heavy atom. The highest BCUT2D eigenvalue weighted by atomic mass is 16.6. The van der Waals surface area contributed by atoms with Gasteiger partial charge in [0.15, 0.2) is 0 Å². The van der Waals surface area contributed by atoms with Crippen molar-refractivity contribution in [3.05, 3.63) is 57.8 Å². The minimum atomic E-state index is -0.458. The Bertz CT molecular complexity index is 520. The maximum atomic E-state index is 10.7. The number of hydrogen-bond donors (Lipinski definition) is 0. The number of hydrogen-bond acceptors (Lipinski definition) is 3. The molecule has 0 aliphatic rings. The molecule has 1 heterocycles. The number of benzene rings is 1. The van der Waals surface area contributed by atoms with Crippen LogP contribution < -0.4 is 0 Å². The van der Waals surface area contributed by atoms with Gasteiger partial charge in [-0.1, -0.05) is 37.3 Å². The van der Waals surface area contributed by atoms with E-state index in [2.05, 4.69) is 5.10 Å². The first-order valence-electron chi connectivity index (χ1n) is 5.45. The normalized spacial score (nSPS) is 10.4. The van der Waals surface area contributed by atoms with Crippen LogP contribution in [0.1, 0.15) is 18.2 Å². The Labute approximate surface area is 98.8 Å². The summed E-state index contributed by atoms with van der Waals surface area (Å²) in [4.78, 5) is 10.2. The van der Waals surface area contributed by atoms with Crippen molar-refractivity contribution in [1.82, 2.24) is 9.78 Å². The summed E-state index contributed by atoms with van der Waals surface area (Å²) in [6.45, 7) is 2.53. The second-order valence-corrected chi connectivity index (χ2v) is 3.75. The SMILES string of the molecule is CCc1cc([N+](=O)[O-])nn1Cc1ccccc1. The molecule has 0 aliphatic carbocycles. The van der Waals surface area contributed by atoms with Gasteiger partial charge in [-0.15, -0.1) is 0 Å². The van der Waals surface area contributed by atoms with E-state index in [0.29, 0.717) is 6.54 Å². The quantitative estimate of drug-likeness (QED) is 0.599. The van der Waals surface area contributed by atoms with Gasteiger partial charge in [-0.3, -0.25) is 0 Å². The molecule has 17 heavy (non-hydrogen) atoms. The summed E-state index contributed by atoms with van der Waals surface area (Å²) in [7, 11) is 0. The third kappa shape index (κ3) is 2.50. The molecule has 0 bridgehead atoms. The molecule has 0 fully saturated rings. The van der Waals surface area contributed by atoms with Crippen LogP contribution in [0.5, 0.6) is 0 Å². The maximum absolute atomic E-state index is 10.7. The van der Waals surface area contributed by atoms with Crippen molar-refractivity contribution in [3.63, 3.8) is 0 Å².